The van der Waals surface area contributed by atoms with Crippen LogP contribution in [0.1, 0.15) is 0 Å². The van der Waals surface area contributed by atoms with Gasteiger partial charge in [-0.1, -0.05) is 30.3 Å². The van der Waals surface area contributed by atoms with Gasteiger partial charge in [-0.05, 0) is 0 Å². The second-order valence-corrected chi connectivity index (χ2v) is 3.87. The quantitative estimate of drug-likeness (QED) is 0.701. The molecule has 0 amide bonds. The number of aromatic nitrogens is 1. The molecule has 0 saturated heterocycles. The van der Waals surface area contributed by atoms with Crippen LogP contribution in [-0.2, 0) is 0 Å². The largest absolute Gasteiger partial charge is 0.500 e. The molecule has 1 aromatic heterocycles. The van der Waals surface area contributed by atoms with E-state index in [2.05, 4.69) is 4.98 Å². The Morgan fingerprint density at radius 1 is 1.14 bits per heavy atom. The van der Waals surface area contributed by atoms with Crippen molar-refractivity contribution in [3.8, 4) is 10.6 Å². The van der Waals surface area contributed by atoms with Crippen molar-refractivity contribution in [2.24, 2.45) is 0 Å². The standard InChI is InChI=1S/C9H8BNO2S/c12-10(13)8-6-11-9(14-8)7-4-2-1-3-5-7/h1-6,12-13H. The van der Waals surface area contributed by atoms with Crippen molar-refractivity contribution in [3.63, 3.8) is 0 Å². The normalized spacial score (nSPS) is 10.1. The highest BCUT2D eigenvalue weighted by Gasteiger charge is 2.15. The first-order valence-corrected chi connectivity index (χ1v) is 4.96. The van der Waals surface area contributed by atoms with Gasteiger partial charge in [0.1, 0.15) is 5.01 Å². The lowest BCUT2D eigenvalue weighted by Crippen LogP contribution is -2.26. The van der Waals surface area contributed by atoms with Gasteiger partial charge in [0.05, 0.1) is 4.78 Å². The van der Waals surface area contributed by atoms with E-state index in [9.17, 15) is 0 Å². The van der Waals surface area contributed by atoms with Crippen molar-refractivity contribution in [3.05, 3.63) is 36.5 Å². The summed E-state index contributed by atoms with van der Waals surface area (Å²) < 4.78 is 0.462. The van der Waals surface area contributed by atoms with Crippen LogP contribution in [0.5, 0.6) is 0 Å². The van der Waals surface area contributed by atoms with Gasteiger partial charge < -0.3 is 10.0 Å². The van der Waals surface area contributed by atoms with Gasteiger partial charge in [0.25, 0.3) is 0 Å². The summed E-state index contributed by atoms with van der Waals surface area (Å²) in [6.45, 7) is 0. The molecule has 0 fully saturated rings. The van der Waals surface area contributed by atoms with E-state index in [0.29, 0.717) is 4.78 Å². The topological polar surface area (TPSA) is 53.4 Å². The van der Waals surface area contributed by atoms with E-state index >= 15 is 0 Å². The van der Waals surface area contributed by atoms with Crippen LogP contribution in [0.2, 0.25) is 0 Å². The molecule has 5 heteroatoms. The van der Waals surface area contributed by atoms with Gasteiger partial charge in [0.2, 0.25) is 0 Å². The highest BCUT2D eigenvalue weighted by Crippen LogP contribution is 2.19. The molecule has 0 aliphatic rings. The third-order valence-corrected chi connectivity index (χ3v) is 2.89. The van der Waals surface area contributed by atoms with Crippen LogP contribution in [0.3, 0.4) is 0 Å². The smallest absolute Gasteiger partial charge is 0.423 e. The van der Waals surface area contributed by atoms with Crippen LogP contribution in [0, 0.1) is 0 Å². The Labute approximate surface area is 85.8 Å². The first-order valence-electron chi connectivity index (χ1n) is 4.14. The van der Waals surface area contributed by atoms with Crippen molar-refractivity contribution in [1.82, 2.24) is 4.98 Å². The molecule has 0 spiro atoms. The molecule has 1 heterocycles. The van der Waals surface area contributed by atoms with Crippen LogP contribution in [-0.4, -0.2) is 22.2 Å². The Balaban J connectivity index is 2.34. The predicted molar refractivity (Wildman–Crippen MR) is 57.4 cm³/mol. The summed E-state index contributed by atoms with van der Waals surface area (Å²) in [7, 11) is -1.43. The zero-order valence-corrected chi connectivity index (χ0v) is 8.11. The molecule has 0 aliphatic heterocycles. The lowest BCUT2D eigenvalue weighted by molar-refractivity contribution is 0.427. The zero-order chi connectivity index (χ0) is 9.97. The summed E-state index contributed by atoms with van der Waals surface area (Å²) in [6.07, 6.45) is 1.48. The molecule has 0 unspecified atom stereocenters. The highest BCUT2D eigenvalue weighted by atomic mass is 32.1. The van der Waals surface area contributed by atoms with E-state index in [1.807, 2.05) is 30.3 Å². The average molecular weight is 205 g/mol. The Morgan fingerprint density at radius 3 is 2.43 bits per heavy atom. The minimum atomic E-state index is -1.43. The molecule has 2 rings (SSSR count). The molecule has 0 saturated carbocycles. The molecule has 2 aromatic rings. The summed E-state index contributed by atoms with van der Waals surface area (Å²) in [5.41, 5.74) is 0.990. The van der Waals surface area contributed by atoms with Gasteiger partial charge in [0, 0.05) is 11.8 Å². The first-order chi connectivity index (χ1) is 6.77. The van der Waals surface area contributed by atoms with E-state index in [1.165, 1.54) is 17.5 Å². The molecule has 1 aromatic carbocycles. The summed E-state index contributed by atoms with van der Waals surface area (Å²) in [6, 6.07) is 9.65. The maximum absolute atomic E-state index is 8.91. The van der Waals surface area contributed by atoms with Gasteiger partial charge in [0.15, 0.2) is 0 Å². The third kappa shape index (κ3) is 1.84. The van der Waals surface area contributed by atoms with Gasteiger partial charge in [-0.25, -0.2) is 4.98 Å². The molecule has 70 valence electrons. The second kappa shape index (κ2) is 3.92. The fourth-order valence-electron chi connectivity index (χ4n) is 1.12. The summed E-state index contributed by atoms with van der Waals surface area (Å²) in [4.78, 5) is 4.11. The molecule has 0 bridgehead atoms. The lowest BCUT2D eigenvalue weighted by atomic mass is 9.91. The highest BCUT2D eigenvalue weighted by molar-refractivity contribution is 7.24. The van der Waals surface area contributed by atoms with Gasteiger partial charge in [-0.3, -0.25) is 0 Å². The summed E-state index contributed by atoms with van der Waals surface area (Å²) >= 11 is 1.28. The van der Waals surface area contributed by atoms with E-state index in [1.54, 1.807) is 0 Å². The molecule has 3 nitrogen and oxygen atoms in total. The molecular weight excluding hydrogens is 197 g/mol. The van der Waals surface area contributed by atoms with Crippen molar-refractivity contribution in [2.75, 3.05) is 0 Å². The molecular formula is C9H8BNO2S. The van der Waals surface area contributed by atoms with Crippen LogP contribution < -0.4 is 4.78 Å². The van der Waals surface area contributed by atoms with E-state index in [-0.39, 0.29) is 0 Å². The van der Waals surface area contributed by atoms with Crippen molar-refractivity contribution in [2.45, 2.75) is 0 Å². The minimum Gasteiger partial charge on any atom is -0.423 e. The second-order valence-electron chi connectivity index (χ2n) is 2.81. The SMILES string of the molecule is OB(O)c1cnc(-c2ccccc2)s1. The maximum Gasteiger partial charge on any atom is 0.500 e. The molecule has 14 heavy (non-hydrogen) atoms. The average Bonchev–Trinajstić information content (AvgIpc) is 2.68. The van der Waals surface area contributed by atoms with Crippen LogP contribution in [0.4, 0.5) is 0 Å². The first kappa shape index (κ1) is 9.39. The predicted octanol–water partition coefficient (Wildman–Crippen LogP) is 0.490. The van der Waals surface area contributed by atoms with Gasteiger partial charge in [-0.2, -0.15) is 0 Å². The van der Waals surface area contributed by atoms with Gasteiger partial charge >= 0.3 is 7.12 Å². The fourth-order valence-corrected chi connectivity index (χ4v) is 1.91. The van der Waals surface area contributed by atoms with Crippen molar-refractivity contribution in [1.29, 1.82) is 0 Å². The third-order valence-electron chi connectivity index (χ3n) is 1.80. The zero-order valence-electron chi connectivity index (χ0n) is 7.29. The number of rotatable bonds is 2. The molecule has 0 radical (unpaired) electrons. The van der Waals surface area contributed by atoms with Crippen LogP contribution >= 0.6 is 11.3 Å². The molecule has 0 atom stereocenters. The Morgan fingerprint density at radius 2 is 1.86 bits per heavy atom. The van der Waals surface area contributed by atoms with Gasteiger partial charge in [-0.15, -0.1) is 11.3 Å². The number of nitrogens with zero attached hydrogens (tertiary/aromatic N) is 1. The maximum atomic E-state index is 8.91. The number of hydrogen-bond acceptors (Lipinski definition) is 4. The van der Waals surface area contributed by atoms with Crippen molar-refractivity contribution >= 4 is 23.2 Å². The summed E-state index contributed by atoms with van der Waals surface area (Å²) in [5.74, 6) is 0. The fraction of sp³-hybridized carbons (Fsp3) is 0. The Kier molecular flexibility index (Phi) is 2.63. The van der Waals surface area contributed by atoms with Crippen LogP contribution in [0.15, 0.2) is 36.5 Å². The number of thiazole rings is 1. The van der Waals surface area contributed by atoms with E-state index in [4.69, 9.17) is 10.0 Å². The monoisotopic (exact) mass is 205 g/mol. The summed E-state index contributed by atoms with van der Waals surface area (Å²) in [5, 5.41) is 18.6. The number of hydrogen-bond donors (Lipinski definition) is 2. The van der Waals surface area contributed by atoms with E-state index < -0.39 is 7.12 Å². The molecule has 0 aliphatic carbocycles. The van der Waals surface area contributed by atoms with Crippen molar-refractivity contribution < 1.29 is 10.0 Å². The lowest BCUT2D eigenvalue weighted by Gasteiger charge is -1.93. The number of benzene rings is 1. The Hall–Kier alpha value is -1.17. The minimum absolute atomic E-state index is 0.462. The molecule has 2 N–H and O–H groups in total. The van der Waals surface area contributed by atoms with Crippen LogP contribution in [0.25, 0.3) is 10.6 Å². The van der Waals surface area contributed by atoms with E-state index in [0.717, 1.165) is 10.6 Å². The Bertz CT molecular complexity index is 416.